The summed E-state index contributed by atoms with van der Waals surface area (Å²) in [5, 5.41) is 12.1. The van der Waals surface area contributed by atoms with Crippen LogP contribution >= 0.6 is 22.9 Å². The molecular weight excluding hydrogens is 376 g/mol. The molecule has 2 aromatic heterocycles. The van der Waals surface area contributed by atoms with Crippen LogP contribution in [0.3, 0.4) is 0 Å². The van der Waals surface area contributed by atoms with Crippen LogP contribution in [0, 0.1) is 5.41 Å². The lowest BCUT2D eigenvalue weighted by atomic mass is 10.1. The Morgan fingerprint density at radius 1 is 1.27 bits per heavy atom. The Hall–Kier alpha value is -2.64. The minimum atomic E-state index is -0.546. The molecule has 1 amide bonds. The number of rotatable bonds is 4. The van der Waals surface area contributed by atoms with E-state index >= 15 is 0 Å². The van der Waals surface area contributed by atoms with Gasteiger partial charge in [-0.3, -0.25) is 10.2 Å². The lowest BCUT2D eigenvalue weighted by molar-refractivity contribution is 0.0602. The highest BCUT2D eigenvalue weighted by atomic mass is 35.5. The Morgan fingerprint density at radius 3 is 2.73 bits per heavy atom. The number of benzene rings is 1. The summed E-state index contributed by atoms with van der Waals surface area (Å²) < 4.78 is 10.2. The van der Waals surface area contributed by atoms with Crippen molar-refractivity contribution in [3.8, 4) is 0 Å². The van der Waals surface area contributed by atoms with E-state index in [0.29, 0.717) is 21.0 Å². The molecule has 1 aromatic carbocycles. The van der Waals surface area contributed by atoms with E-state index in [1.54, 1.807) is 24.3 Å². The third-order valence-electron chi connectivity index (χ3n) is 3.74. The predicted octanol–water partition coefficient (Wildman–Crippen LogP) is 4.23. The number of aryl methyl sites for hydroxylation is 1. The molecule has 0 aliphatic rings. The molecule has 0 saturated carbocycles. The molecule has 0 bridgehead atoms. The fraction of sp³-hybridized carbons (Fsp3) is 0.167. The maximum absolute atomic E-state index is 12.7. The van der Waals surface area contributed by atoms with Crippen molar-refractivity contribution in [3.63, 3.8) is 0 Å². The first-order valence-electron chi connectivity index (χ1n) is 7.73. The van der Waals surface area contributed by atoms with E-state index in [0.717, 1.165) is 11.3 Å². The summed E-state index contributed by atoms with van der Waals surface area (Å²) in [6.07, 6.45) is 0.720. The number of halogens is 1. The highest BCUT2D eigenvalue weighted by Crippen LogP contribution is 2.29. The third-order valence-corrected chi connectivity index (χ3v) is 5.17. The molecule has 0 unspecified atom stereocenters. The number of hydrogen-bond donors (Lipinski definition) is 2. The van der Waals surface area contributed by atoms with Gasteiger partial charge in [0.05, 0.1) is 12.7 Å². The maximum atomic E-state index is 12.7. The molecule has 0 radical (unpaired) electrons. The van der Waals surface area contributed by atoms with Crippen LogP contribution in [0.1, 0.15) is 32.5 Å². The first kappa shape index (κ1) is 18.2. The van der Waals surface area contributed by atoms with E-state index < -0.39 is 11.9 Å². The first-order chi connectivity index (χ1) is 12.4. The normalized spacial score (nSPS) is 10.7. The van der Waals surface area contributed by atoms with E-state index in [4.69, 9.17) is 26.2 Å². The van der Waals surface area contributed by atoms with Gasteiger partial charge in [-0.05, 0) is 36.8 Å². The smallest absolute Gasteiger partial charge is 0.340 e. The summed E-state index contributed by atoms with van der Waals surface area (Å²) in [4.78, 5) is 25.5. The SMILES string of the molecule is CCc1cc(C(=O)OC)c(NC(=O)c2cc3cc(Cl)ccc3oc2=N)s1. The molecule has 2 N–H and O–H groups in total. The summed E-state index contributed by atoms with van der Waals surface area (Å²) in [6, 6.07) is 8.16. The zero-order chi connectivity index (χ0) is 18.8. The maximum Gasteiger partial charge on any atom is 0.340 e. The fourth-order valence-corrected chi connectivity index (χ4v) is 3.58. The number of carbonyl (C=O) groups excluding carboxylic acids is 2. The molecule has 26 heavy (non-hydrogen) atoms. The molecule has 3 rings (SSSR count). The highest BCUT2D eigenvalue weighted by Gasteiger charge is 2.20. The van der Waals surface area contributed by atoms with Crippen LogP contribution in [0.5, 0.6) is 0 Å². The molecule has 0 atom stereocenters. The molecule has 134 valence electrons. The van der Waals surface area contributed by atoms with Gasteiger partial charge in [-0.1, -0.05) is 18.5 Å². The van der Waals surface area contributed by atoms with Crippen LogP contribution in [0.2, 0.25) is 5.02 Å². The van der Waals surface area contributed by atoms with Crippen LogP contribution in [-0.4, -0.2) is 19.0 Å². The van der Waals surface area contributed by atoms with Crippen molar-refractivity contribution in [2.45, 2.75) is 13.3 Å². The van der Waals surface area contributed by atoms with Crippen LogP contribution < -0.4 is 10.9 Å². The topological polar surface area (TPSA) is 92.4 Å². The number of nitrogens with one attached hydrogen (secondary N) is 2. The molecule has 0 saturated heterocycles. The van der Waals surface area contributed by atoms with E-state index in [9.17, 15) is 9.59 Å². The lowest BCUT2D eigenvalue weighted by Crippen LogP contribution is -2.21. The number of thiophene rings is 1. The van der Waals surface area contributed by atoms with Crippen molar-refractivity contribution in [2.24, 2.45) is 0 Å². The molecule has 8 heteroatoms. The first-order valence-corrected chi connectivity index (χ1v) is 8.92. The van der Waals surface area contributed by atoms with Crippen LogP contribution in [-0.2, 0) is 11.2 Å². The average molecular weight is 391 g/mol. The Kier molecular flexibility index (Phi) is 5.11. The van der Waals surface area contributed by atoms with Crippen LogP contribution in [0.25, 0.3) is 11.0 Å². The molecular formula is C18H15ClN2O4S. The van der Waals surface area contributed by atoms with Gasteiger partial charge in [0.1, 0.15) is 16.1 Å². The van der Waals surface area contributed by atoms with E-state index in [-0.39, 0.29) is 16.7 Å². The van der Waals surface area contributed by atoms with Gasteiger partial charge in [0.15, 0.2) is 0 Å². The van der Waals surface area contributed by atoms with Gasteiger partial charge >= 0.3 is 5.97 Å². The van der Waals surface area contributed by atoms with Crippen molar-refractivity contribution >= 4 is 50.8 Å². The van der Waals surface area contributed by atoms with Crippen LogP contribution in [0.15, 0.2) is 34.7 Å². The number of esters is 1. The molecule has 0 aliphatic carbocycles. The number of methoxy groups -OCH3 is 1. The number of anilines is 1. The number of carbonyl (C=O) groups is 2. The fourth-order valence-electron chi connectivity index (χ4n) is 2.42. The molecule has 0 fully saturated rings. The van der Waals surface area contributed by atoms with Crippen molar-refractivity contribution in [2.75, 3.05) is 12.4 Å². The lowest BCUT2D eigenvalue weighted by Gasteiger charge is -2.06. The summed E-state index contributed by atoms with van der Waals surface area (Å²) in [5.74, 6) is -1.08. The Balaban J connectivity index is 1.99. The zero-order valence-corrected chi connectivity index (χ0v) is 15.6. The van der Waals surface area contributed by atoms with Gasteiger partial charge < -0.3 is 14.5 Å². The minimum absolute atomic E-state index is 0.0435. The van der Waals surface area contributed by atoms with Crippen molar-refractivity contribution in [1.29, 1.82) is 5.41 Å². The number of amides is 1. The van der Waals surface area contributed by atoms with E-state index in [1.807, 2.05) is 6.92 Å². The van der Waals surface area contributed by atoms with E-state index in [2.05, 4.69) is 5.32 Å². The molecule has 0 spiro atoms. The van der Waals surface area contributed by atoms with E-state index in [1.165, 1.54) is 24.5 Å². The van der Waals surface area contributed by atoms with Crippen molar-refractivity contribution in [1.82, 2.24) is 0 Å². The Labute approximate surface area is 157 Å². The summed E-state index contributed by atoms with van der Waals surface area (Å²) >= 11 is 7.26. The number of ether oxygens (including phenoxy) is 1. The van der Waals surface area contributed by atoms with Crippen LogP contribution in [0.4, 0.5) is 5.00 Å². The third kappa shape index (κ3) is 3.49. The average Bonchev–Trinajstić information content (AvgIpc) is 3.03. The summed E-state index contributed by atoms with van der Waals surface area (Å²) in [7, 11) is 1.28. The second kappa shape index (κ2) is 7.31. The molecule has 0 aliphatic heterocycles. The summed E-state index contributed by atoms with van der Waals surface area (Å²) in [5.41, 5.74) is 0.511. The largest absolute Gasteiger partial charge is 0.465 e. The Bertz CT molecular complexity index is 1070. The highest BCUT2D eigenvalue weighted by molar-refractivity contribution is 7.16. The van der Waals surface area contributed by atoms with Gasteiger partial charge in [0, 0.05) is 15.3 Å². The Morgan fingerprint density at radius 2 is 2.04 bits per heavy atom. The van der Waals surface area contributed by atoms with Gasteiger partial charge in [0.2, 0.25) is 5.55 Å². The molecule has 6 nitrogen and oxygen atoms in total. The number of hydrogen-bond acceptors (Lipinski definition) is 6. The van der Waals surface area contributed by atoms with Crippen molar-refractivity contribution < 1.29 is 18.7 Å². The monoisotopic (exact) mass is 390 g/mol. The molecule has 3 aromatic rings. The summed E-state index contributed by atoms with van der Waals surface area (Å²) in [6.45, 7) is 1.95. The van der Waals surface area contributed by atoms with Gasteiger partial charge in [-0.25, -0.2) is 4.79 Å². The minimum Gasteiger partial charge on any atom is -0.465 e. The quantitative estimate of drug-likeness (QED) is 0.652. The second-order valence-electron chi connectivity index (χ2n) is 5.43. The predicted molar refractivity (Wildman–Crippen MR) is 100 cm³/mol. The van der Waals surface area contributed by atoms with Gasteiger partial charge in [0.25, 0.3) is 5.91 Å². The number of fused-ring (bicyclic) bond motifs is 1. The standard InChI is InChI=1S/C18H15ClN2O4S/c1-3-11-8-13(18(23)24-2)17(26-11)21-16(22)12-7-9-6-10(19)4-5-14(9)25-15(12)20/h4-8,20H,3H2,1-2H3,(H,21,22). The second-order valence-corrected chi connectivity index (χ2v) is 7.00. The zero-order valence-electron chi connectivity index (χ0n) is 14.0. The van der Waals surface area contributed by atoms with Crippen molar-refractivity contribution in [3.05, 3.63) is 56.9 Å². The molecule has 2 heterocycles. The van der Waals surface area contributed by atoms with Gasteiger partial charge in [-0.2, -0.15) is 0 Å². The van der Waals surface area contributed by atoms with Gasteiger partial charge in [-0.15, -0.1) is 11.3 Å².